The van der Waals surface area contributed by atoms with Gasteiger partial charge >= 0.3 is 0 Å². The fourth-order valence-electron chi connectivity index (χ4n) is 3.27. The maximum absolute atomic E-state index is 13.0. The van der Waals surface area contributed by atoms with Crippen molar-refractivity contribution >= 4 is 39.9 Å². The van der Waals surface area contributed by atoms with Gasteiger partial charge in [0.25, 0.3) is 5.91 Å². The van der Waals surface area contributed by atoms with Gasteiger partial charge in [0.05, 0.1) is 5.52 Å². The molecular weight excluding hydrogens is 415 g/mol. The summed E-state index contributed by atoms with van der Waals surface area (Å²) in [7, 11) is 0. The molecule has 0 bridgehead atoms. The quantitative estimate of drug-likeness (QED) is 0.369. The summed E-state index contributed by atoms with van der Waals surface area (Å²) in [5.41, 5.74) is 3.93. The monoisotopic (exact) mass is 434 g/mol. The van der Waals surface area contributed by atoms with Crippen LogP contribution in [-0.4, -0.2) is 15.9 Å². The van der Waals surface area contributed by atoms with Crippen LogP contribution in [0.1, 0.15) is 34.5 Å². The van der Waals surface area contributed by atoms with Crippen molar-refractivity contribution in [2.75, 3.05) is 10.6 Å². The zero-order valence-electron chi connectivity index (χ0n) is 17.0. The lowest BCUT2D eigenvalue weighted by Crippen LogP contribution is -2.12. The number of fused-ring (bicyclic) bond motifs is 1. The van der Waals surface area contributed by atoms with Crippen molar-refractivity contribution in [3.05, 3.63) is 94.5 Å². The molecule has 0 fully saturated rings. The Balaban J connectivity index is 1.49. The van der Waals surface area contributed by atoms with Gasteiger partial charge < -0.3 is 10.6 Å². The summed E-state index contributed by atoms with van der Waals surface area (Å²) in [6.45, 7) is 4.02. The van der Waals surface area contributed by atoms with E-state index in [-0.39, 0.29) is 23.0 Å². The predicted molar refractivity (Wildman–Crippen MR) is 122 cm³/mol. The fourth-order valence-corrected chi connectivity index (χ4v) is 3.44. The van der Waals surface area contributed by atoms with Crippen LogP contribution in [0.25, 0.3) is 10.9 Å². The third-order valence-corrected chi connectivity index (χ3v) is 5.12. The largest absolute Gasteiger partial charge is 0.363 e. The second-order valence-electron chi connectivity index (χ2n) is 7.31. The summed E-state index contributed by atoms with van der Waals surface area (Å²) < 4.78 is 13.0. The third kappa shape index (κ3) is 4.81. The van der Waals surface area contributed by atoms with Gasteiger partial charge in [-0.1, -0.05) is 18.2 Å². The maximum atomic E-state index is 13.0. The van der Waals surface area contributed by atoms with Crippen molar-refractivity contribution in [3.8, 4) is 0 Å². The normalized spacial score (nSPS) is 11.9. The van der Waals surface area contributed by atoms with Crippen LogP contribution < -0.4 is 10.6 Å². The van der Waals surface area contributed by atoms with Crippen molar-refractivity contribution in [3.63, 3.8) is 0 Å². The van der Waals surface area contributed by atoms with E-state index in [0.717, 1.165) is 22.0 Å². The number of rotatable bonds is 5. The van der Waals surface area contributed by atoms with Crippen LogP contribution in [0.15, 0.2) is 66.7 Å². The Morgan fingerprint density at radius 1 is 1.00 bits per heavy atom. The Bertz CT molecular complexity index is 1240. The topological polar surface area (TPSA) is 66.9 Å². The molecule has 3 aromatic carbocycles. The van der Waals surface area contributed by atoms with E-state index in [1.54, 1.807) is 0 Å². The highest BCUT2D eigenvalue weighted by atomic mass is 35.5. The summed E-state index contributed by atoms with van der Waals surface area (Å²) in [4.78, 5) is 20.9. The predicted octanol–water partition coefficient (Wildman–Crippen LogP) is 6.16. The Hall–Kier alpha value is -3.51. The van der Waals surface area contributed by atoms with E-state index in [0.29, 0.717) is 17.1 Å². The molecule has 0 spiro atoms. The molecule has 31 heavy (non-hydrogen) atoms. The van der Waals surface area contributed by atoms with Gasteiger partial charge in [0.15, 0.2) is 0 Å². The summed E-state index contributed by atoms with van der Waals surface area (Å²) >= 11 is 6.11. The van der Waals surface area contributed by atoms with Crippen LogP contribution in [0.5, 0.6) is 0 Å². The SMILES string of the molecule is Cc1ccc2c(N[C@H](C)c3ccc(NC(=O)c4ccc(F)cc4)cc3)nc(Cl)nc2c1. The van der Waals surface area contributed by atoms with Gasteiger partial charge in [0, 0.05) is 22.7 Å². The van der Waals surface area contributed by atoms with Gasteiger partial charge in [-0.05, 0) is 85.1 Å². The van der Waals surface area contributed by atoms with Crippen molar-refractivity contribution in [1.82, 2.24) is 9.97 Å². The van der Waals surface area contributed by atoms with E-state index in [4.69, 9.17) is 11.6 Å². The summed E-state index contributed by atoms with van der Waals surface area (Å²) in [6.07, 6.45) is 0. The number of nitrogens with zero attached hydrogens (tertiary/aromatic N) is 2. The zero-order valence-corrected chi connectivity index (χ0v) is 17.7. The smallest absolute Gasteiger partial charge is 0.255 e. The average Bonchev–Trinajstić information content (AvgIpc) is 2.74. The van der Waals surface area contributed by atoms with Crippen molar-refractivity contribution in [2.45, 2.75) is 19.9 Å². The highest BCUT2D eigenvalue weighted by Gasteiger charge is 2.12. The maximum Gasteiger partial charge on any atom is 0.255 e. The Morgan fingerprint density at radius 3 is 2.42 bits per heavy atom. The van der Waals surface area contributed by atoms with Gasteiger partial charge in [-0.15, -0.1) is 0 Å². The van der Waals surface area contributed by atoms with Crippen LogP contribution >= 0.6 is 11.6 Å². The number of carbonyl (C=O) groups is 1. The van der Waals surface area contributed by atoms with E-state index < -0.39 is 0 Å². The molecule has 7 heteroatoms. The highest BCUT2D eigenvalue weighted by molar-refractivity contribution is 6.28. The molecule has 0 unspecified atom stereocenters. The van der Waals surface area contributed by atoms with Crippen LogP contribution in [0, 0.1) is 12.7 Å². The Kier molecular flexibility index (Phi) is 5.82. The lowest BCUT2D eigenvalue weighted by atomic mass is 10.1. The number of carbonyl (C=O) groups excluding carboxylic acids is 1. The molecule has 4 rings (SSSR count). The van der Waals surface area contributed by atoms with E-state index in [9.17, 15) is 9.18 Å². The number of aryl methyl sites for hydroxylation is 1. The highest BCUT2D eigenvalue weighted by Crippen LogP contribution is 2.27. The Morgan fingerprint density at radius 2 is 1.71 bits per heavy atom. The lowest BCUT2D eigenvalue weighted by molar-refractivity contribution is 0.102. The van der Waals surface area contributed by atoms with Crippen LogP contribution in [0.3, 0.4) is 0 Å². The van der Waals surface area contributed by atoms with E-state index in [2.05, 4.69) is 20.6 Å². The zero-order chi connectivity index (χ0) is 22.0. The number of anilines is 2. The summed E-state index contributed by atoms with van der Waals surface area (Å²) in [5.74, 6) is -0.0113. The average molecular weight is 435 g/mol. The minimum atomic E-state index is -0.379. The minimum absolute atomic E-state index is 0.0580. The number of hydrogen-bond acceptors (Lipinski definition) is 4. The lowest BCUT2D eigenvalue weighted by Gasteiger charge is -2.17. The second-order valence-corrected chi connectivity index (χ2v) is 7.65. The number of hydrogen-bond donors (Lipinski definition) is 2. The number of benzene rings is 3. The molecule has 1 heterocycles. The molecule has 2 N–H and O–H groups in total. The molecule has 0 aliphatic carbocycles. The fraction of sp³-hybridized carbons (Fsp3) is 0.125. The van der Waals surface area contributed by atoms with Crippen LogP contribution in [0.2, 0.25) is 5.28 Å². The van der Waals surface area contributed by atoms with Gasteiger partial charge in [0.2, 0.25) is 5.28 Å². The molecule has 4 aromatic rings. The molecule has 1 aromatic heterocycles. The molecule has 0 saturated carbocycles. The van der Waals surface area contributed by atoms with E-state index in [1.807, 2.05) is 56.3 Å². The first-order valence-electron chi connectivity index (χ1n) is 9.76. The molecule has 156 valence electrons. The number of nitrogens with one attached hydrogen (secondary N) is 2. The van der Waals surface area contributed by atoms with E-state index in [1.165, 1.54) is 24.3 Å². The van der Waals surface area contributed by atoms with Gasteiger partial charge in [-0.3, -0.25) is 4.79 Å². The van der Waals surface area contributed by atoms with Gasteiger partial charge in [-0.2, -0.15) is 0 Å². The molecular formula is C24H20ClFN4O. The Labute approximate surface area is 184 Å². The van der Waals surface area contributed by atoms with Crippen LogP contribution in [0.4, 0.5) is 15.9 Å². The van der Waals surface area contributed by atoms with Crippen molar-refractivity contribution in [2.24, 2.45) is 0 Å². The molecule has 1 amide bonds. The summed E-state index contributed by atoms with van der Waals surface area (Å²) in [6, 6.07) is 18.8. The number of aromatic nitrogens is 2. The van der Waals surface area contributed by atoms with Gasteiger partial charge in [0.1, 0.15) is 11.6 Å². The molecule has 0 aliphatic rings. The first-order valence-corrected chi connectivity index (χ1v) is 10.1. The standard InChI is InChI=1S/C24H20ClFN4O/c1-14-3-12-20-21(13-14)29-24(25)30-22(20)27-15(2)16-6-10-19(11-7-16)28-23(31)17-4-8-18(26)9-5-17/h3-13,15H,1-2H3,(H,28,31)(H,27,29,30)/t15-/m1/s1. The summed E-state index contributed by atoms with van der Waals surface area (Å²) in [5, 5.41) is 7.29. The third-order valence-electron chi connectivity index (χ3n) is 4.95. The first kappa shape index (κ1) is 20.8. The number of amides is 1. The first-order chi connectivity index (χ1) is 14.9. The number of halogens is 2. The minimum Gasteiger partial charge on any atom is -0.363 e. The molecule has 0 aliphatic heterocycles. The molecule has 0 radical (unpaired) electrons. The van der Waals surface area contributed by atoms with Crippen molar-refractivity contribution in [1.29, 1.82) is 0 Å². The molecule has 5 nitrogen and oxygen atoms in total. The van der Waals surface area contributed by atoms with Crippen LogP contribution in [-0.2, 0) is 0 Å². The van der Waals surface area contributed by atoms with Gasteiger partial charge in [-0.25, -0.2) is 14.4 Å². The molecule has 0 saturated heterocycles. The second kappa shape index (κ2) is 8.70. The molecule has 1 atom stereocenters. The van der Waals surface area contributed by atoms with E-state index >= 15 is 0 Å². The van der Waals surface area contributed by atoms with Crippen molar-refractivity contribution < 1.29 is 9.18 Å².